The van der Waals surface area contributed by atoms with Gasteiger partial charge in [0.25, 0.3) is 0 Å². The number of fused-ring (bicyclic) bond motifs is 3. The van der Waals surface area contributed by atoms with Crippen LogP contribution in [0.5, 0.6) is 0 Å². The summed E-state index contributed by atoms with van der Waals surface area (Å²) in [7, 11) is 0. The lowest BCUT2D eigenvalue weighted by molar-refractivity contribution is 0.399. The van der Waals surface area contributed by atoms with Gasteiger partial charge in [-0.1, -0.05) is 25.1 Å². The number of aromatic nitrogens is 1. The second-order valence-electron chi connectivity index (χ2n) is 6.06. The average molecular weight is 302 g/mol. The van der Waals surface area contributed by atoms with Crippen LogP contribution in [0.4, 0.5) is 0 Å². The van der Waals surface area contributed by atoms with Crippen molar-refractivity contribution in [1.82, 2.24) is 10.3 Å². The highest BCUT2D eigenvalue weighted by atomic mass is 32.2. The third-order valence-electron chi connectivity index (χ3n) is 4.50. The average Bonchev–Trinajstić information content (AvgIpc) is 2.87. The molecule has 2 aromatic rings. The molecule has 0 spiro atoms. The molecule has 1 aromatic heterocycles. The van der Waals surface area contributed by atoms with Gasteiger partial charge < -0.3 is 10.3 Å². The Morgan fingerprint density at radius 2 is 2.24 bits per heavy atom. The Labute approximate surface area is 132 Å². The van der Waals surface area contributed by atoms with Crippen LogP contribution in [0.1, 0.15) is 50.4 Å². The molecule has 0 saturated carbocycles. The van der Waals surface area contributed by atoms with Crippen molar-refractivity contribution in [3.05, 3.63) is 35.5 Å². The quantitative estimate of drug-likeness (QED) is 0.759. The van der Waals surface area contributed by atoms with Crippen molar-refractivity contribution in [3.63, 3.8) is 0 Å². The van der Waals surface area contributed by atoms with Gasteiger partial charge >= 0.3 is 0 Å². The normalized spacial score (nSPS) is 19.6. The van der Waals surface area contributed by atoms with E-state index >= 15 is 0 Å². The van der Waals surface area contributed by atoms with Crippen molar-refractivity contribution < 1.29 is 0 Å². The van der Waals surface area contributed by atoms with Crippen molar-refractivity contribution in [2.75, 3.05) is 11.5 Å². The minimum absolute atomic E-state index is 0.503. The number of hydrogen-bond donors (Lipinski definition) is 2. The van der Waals surface area contributed by atoms with E-state index in [9.17, 15) is 0 Å². The molecule has 0 fully saturated rings. The van der Waals surface area contributed by atoms with Gasteiger partial charge in [0.1, 0.15) is 0 Å². The zero-order valence-corrected chi connectivity index (χ0v) is 13.9. The van der Waals surface area contributed by atoms with Crippen LogP contribution in [-0.2, 0) is 6.42 Å². The number of H-pyrrole nitrogens is 1. The van der Waals surface area contributed by atoms with Crippen LogP contribution in [-0.4, -0.2) is 22.5 Å². The van der Waals surface area contributed by atoms with Gasteiger partial charge in [0.05, 0.1) is 0 Å². The molecular formula is C18H26N2S. The standard InChI is InChI=1S/C18H26N2S/c1-3-21-12-11-13(2)19-17-10-6-8-15-14-7-4-5-9-16(14)20-18(15)17/h4-5,7,9,13,17,19-20H,3,6,8,10-12H2,1-2H3. The Hall–Kier alpha value is -0.930. The van der Waals surface area contributed by atoms with E-state index in [4.69, 9.17) is 0 Å². The van der Waals surface area contributed by atoms with Crippen molar-refractivity contribution >= 4 is 22.7 Å². The zero-order chi connectivity index (χ0) is 14.7. The molecule has 1 aromatic carbocycles. The second kappa shape index (κ2) is 6.89. The molecule has 0 radical (unpaired) electrons. The molecular weight excluding hydrogens is 276 g/mol. The van der Waals surface area contributed by atoms with Crippen LogP contribution in [0.25, 0.3) is 10.9 Å². The number of thioether (sulfide) groups is 1. The number of rotatable bonds is 6. The molecule has 3 rings (SSSR count). The largest absolute Gasteiger partial charge is 0.357 e. The van der Waals surface area contributed by atoms with Crippen molar-refractivity contribution in [1.29, 1.82) is 0 Å². The monoisotopic (exact) mass is 302 g/mol. The van der Waals surface area contributed by atoms with Gasteiger partial charge in [-0.15, -0.1) is 0 Å². The summed E-state index contributed by atoms with van der Waals surface area (Å²) in [5, 5.41) is 5.27. The smallest absolute Gasteiger partial charge is 0.0478 e. The van der Waals surface area contributed by atoms with Crippen molar-refractivity contribution in [2.45, 2.75) is 51.6 Å². The first-order valence-corrected chi connectivity index (χ1v) is 9.38. The zero-order valence-electron chi connectivity index (χ0n) is 13.1. The van der Waals surface area contributed by atoms with Crippen LogP contribution in [0.3, 0.4) is 0 Å². The van der Waals surface area contributed by atoms with E-state index in [-0.39, 0.29) is 0 Å². The summed E-state index contributed by atoms with van der Waals surface area (Å²) in [4.78, 5) is 3.67. The maximum atomic E-state index is 3.85. The maximum Gasteiger partial charge on any atom is 0.0478 e. The molecule has 2 N–H and O–H groups in total. The molecule has 2 unspecified atom stereocenters. The van der Waals surface area contributed by atoms with Crippen LogP contribution >= 0.6 is 11.8 Å². The minimum atomic E-state index is 0.503. The molecule has 1 heterocycles. The first-order valence-electron chi connectivity index (χ1n) is 8.23. The number of nitrogens with one attached hydrogen (secondary N) is 2. The van der Waals surface area contributed by atoms with Gasteiger partial charge in [-0.2, -0.15) is 11.8 Å². The highest BCUT2D eigenvalue weighted by Gasteiger charge is 2.24. The van der Waals surface area contributed by atoms with Crippen molar-refractivity contribution in [2.24, 2.45) is 0 Å². The molecule has 0 amide bonds. The summed E-state index contributed by atoms with van der Waals surface area (Å²) in [5.74, 6) is 2.49. The third kappa shape index (κ3) is 3.29. The van der Waals surface area contributed by atoms with Gasteiger partial charge in [0.15, 0.2) is 0 Å². The number of para-hydroxylation sites is 1. The summed E-state index contributed by atoms with van der Waals surface area (Å²) in [6.07, 6.45) is 5.02. The lowest BCUT2D eigenvalue weighted by Gasteiger charge is -2.27. The maximum absolute atomic E-state index is 3.85. The van der Waals surface area contributed by atoms with E-state index in [1.807, 2.05) is 11.8 Å². The Morgan fingerprint density at radius 3 is 3.10 bits per heavy atom. The third-order valence-corrected chi connectivity index (χ3v) is 5.43. The van der Waals surface area contributed by atoms with E-state index < -0.39 is 0 Å². The summed E-state index contributed by atoms with van der Waals surface area (Å²) in [6.45, 7) is 4.56. The summed E-state index contributed by atoms with van der Waals surface area (Å²) in [6, 6.07) is 9.82. The number of benzene rings is 1. The first-order chi connectivity index (χ1) is 10.3. The predicted octanol–water partition coefficient (Wildman–Crippen LogP) is 4.67. The van der Waals surface area contributed by atoms with E-state index in [1.54, 1.807) is 5.56 Å². The van der Waals surface area contributed by atoms with Crippen LogP contribution in [0.2, 0.25) is 0 Å². The van der Waals surface area contributed by atoms with Crippen molar-refractivity contribution in [3.8, 4) is 0 Å². The molecule has 0 bridgehead atoms. The topological polar surface area (TPSA) is 27.8 Å². The minimum Gasteiger partial charge on any atom is -0.357 e. The highest BCUT2D eigenvalue weighted by molar-refractivity contribution is 7.99. The molecule has 0 saturated heterocycles. The SMILES string of the molecule is CCSCCC(C)NC1CCCc2c1[nH]c1ccccc21. The van der Waals surface area contributed by atoms with Gasteiger partial charge in [0, 0.05) is 28.7 Å². The predicted molar refractivity (Wildman–Crippen MR) is 94.2 cm³/mol. The molecule has 2 nitrogen and oxygen atoms in total. The summed E-state index contributed by atoms with van der Waals surface area (Å²) >= 11 is 2.04. The van der Waals surface area contributed by atoms with Crippen LogP contribution in [0, 0.1) is 0 Å². The fraction of sp³-hybridized carbons (Fsp3) is 0.556. The Bertz CT molecular complexity index is 590. The van der Waals surface area contributed by atoms with Gasteiger partial charge in [-0.3, -0.25) is 0 Å². The highest BCUT2D eigenvalue weighted by Crippen LogP contribution is 2.34. The fourth-order valence-electron chi connectivity index (χ4n) is 3.41. The van der Waals surface area contributed by atoms with Gasteiger partial charge in [0.2, 0.25) is 0 Å². The fourth-order valence-corrected chi connectivity index (χ4v) is 4.22. The summed E-state index contributed by atoms with van der Waals surface area (Å²) in [5.41, 5.74) is 4.28. The second-order valence-corrected chi connectivity index (χ2v) is 7.45. The molecule has 1 aliphatic carbocycles. The Kier molecular flexibility index (Phi) is 4.91. The number of hydrogen-bond acceptors (Lipinski definition) is 2. The summed E-state index contributed by atoms with van der Waals surface area (Å²) < 4.78 is 0. The molecule has 21 heavy (non-hydrogen) atoms. The Balaban J connectivity index is 1.74. The number of aryl methyl sites for hydroxylation is 1. The van der Waals surface area contributed by atoms with Crippen LogP contribution in [0.15, 0.2) is 24.3 Å². The number of aromatic amines is 1. The van der Waals surface area contributed by atoms with E-state index in [0.717, 1.165) is 0 Å². The lowest BCUT2D eigenvalue weighted by atomic mass is 9.91. The molecule has 2 atom stereocenters. The van der Waals surface area contributed by atoms with E-state index in [1.165, 1.54) is 53.8 Å². The first kappa shape index (κ1) is 15.0. The molecule has 3 heteroatoms. The molecule has 0 aliphatic heterocycles. The van der Waals surface area contributed by atoms with E-state index in [0.29, 0.717) is 12.1 Å². The molecule has 114 valence electrons. The van der Waals surface area contributed by atoms with Gasteiger partial charge in [-0.25, -0.2) is 0 Å². The van der Waals surface area contributed by atoms with Gasteiger partial charge in [-0.05, 0) is 55.7 Å². The van der Waals surface area contributed by atoms with Crippen LogP contribution < -0.4 is 5.32 Å². The van der Waals surface area contributed by atoms with E-state index in [2.05, 4.69) is 48.4 Å². The lowest BCUT2D eigenvalue weighted by Crippen LogP contribution is -2.33. The molecule has 1 aliphatic rings. The Morgan fingerprint density at radius 1 is 1.38 bits per heavy atom.